The van der Waals surface area contributed by atoms with Gasteiger partial charge in [-0.3, -0.25) is 9.59 Å². The van der Waals surface area contributed by atoms with Crippen LogP contribution in [0.2, 0.25) is 0 Å². The molecule has 0 bridgehead atoms. The first-order valence-corrected chi connectivity index (χ1v) is 8.37. The molecule has 1 aromatic heterocycles. The minimum atomic E-state index is -0.243. The lowest BCUT2D eigenvalue weighted by molar-refractivity contribution is -0.115. The Morgan fingerprint density at radius 3 is 2.68 bits per heavy atom. The molecule has 6 nitrogen and oxygen atoms in total. The van der Waals surface area contributed by atoms with Gasteiger partial charge in [0.25, 0.3) is 5.56 Å². The normalized spacial score (nSPS) is 10.7. The average Bonchev–Trinajstić information content (AvgIpc) is 2.59. The number of benzene rings is 2. The monoisotopic (exact) mass is 401 g/mol. The van der Waals surface area contributed by atoms with Gasteiger partial charge in [-0.1, -0.05) is 34.1 Å². The van der Waals surface area contributed by atoms with Crippen molar-refractivity contribution in [3.8, 4) is 5.75 Å². The molecule has 0 atom stereocenters. The minimum absolute atomic E-state index is 0.0459. The SMILES string of the molecule is COc1ccc(Br)cc1NC(=O)Cc1nn(C)c(=O)c2ccccc12. The van der Waals surface area contributed by atoms with Gasteiger partial charge in [0.1, 0.15) is 5.75 Å². The van der Waals surface area contributed by atoms with Gasteiger partial charge >= 0.3 is 0 Å². The smallest absolute Gasteiger partial charge is 0.274 e. The van der Waals surface area contributed by atoms with Crippen molar-refractivity contribution in [1.82, 2.24) is 9.78 Å². The van der Waals surface area contributed by atoms with Crippen molar-refractivity contribution in [2.45, 2.75) is 6.42 Å². The lowest BCUT2D eigenvalue weighted by Crippen LogP contribution is -2.24. The molecule has 3 aromatic rings. The Morgan fingerprint density at radius 1 is 1.24 bits per heavy atom. The molecule has 1 amide bonds. The number of fused-ring (bicyclic) bond motifs is 1. The first kappa shape index (κ1) is 17.2. The molecule has 1 heterocycles. The molecule has 0 aliphatic rings. The average molecular weight is 402 g/mol. The molecular formula is C18H16BrN3O3. The highest BCUT2D eigenvalue weighted by Gasteiger charge is 2.14. The van der Waals surface area contributed by atoms with Crippen molar-refractivity contribution < 1.29 is 9.53 Å². The first-order chi connectivity index (χ1) is 12.0. The van der Waals surface area contributed by atoms with Gasteiger partial charge in [0.15, 0.2) is 0 Å². The molecule has 0 spiro atoms. The number of carbonyl (C=O) groups is 1. The first-order valence-electron chi connectivity index (χ1n) is 7.58. The lowest BCUT2D eigenvalue weighted by atomic mass is 10.1. The van der Waals surface area contributed by atoms with Crippen LogP contribution < -0.4 is 15.6 Å². The zero-order valence-electron chi connectivity index (χ0n) is 13.7. The van der Waals surface area contributed by atoms with E-state index in [0.717, 1.165) is 4.47 Å². The summed E-state index contributed by atoms with van der Waals surface area (Å²) in [7, 11) is 3.12. The van der Waals surface area contributed by atoms with Crippen LogP contribution in [0.1, 0.15) is 5.69 Å². The molecule has 0 aliphatic heterocycles. The van der Waals surface area contributed by atoms with Crippen LogP contribution in [0.4, 0.5) is 5.69 Å². The second-order valence-corrected chi connectivity index (χ2v) is 6.41. The molecule has 3 rings (SSSR count). The van der Waals surface area contributed by atoms with Gasteiger partial charge in [-0.2, -0.15) is 5.10 Å². The zero-order chi connectivity index (χ0) is 18.0. The number of methoxy groups -OCH3 is 1. The van der Waals surface area contributed by atoms with Gasteiger partial charge in [-0.15, -0.1) is 0 Å². The maximum absolute atomic E-state index is 12.5. The molecule has 7 heteroatoms. The molecule has 128 valence electrons. The Kier molecular flexibility index (Phi) is 4.85. The van der Waals surface area contributed by atoms with Gasteiger partial charge in [0, 0.05) is 16.9 Å². The fraction of sp³-hybridized carbons (Fsp3) is 0.167. The molecule has 0 saturated heterocycles. The summed E-state index contributed by atoms with van der Waals surface area (Å²) in [6, 6.07) is 12.5. The fourth-order valence-electron chi connectivity index (χ4n) is 2.63. The van der Waals surface area contributed by atoms with Gasteiger partial charge in [-0.25, -0.2) is 4.68 Å². The van der Waals surface area contributed by atoms with E-state index in [2.05, 4.69) is 26.3 Å². The quantitative estimate of drug-likeness (QED) is 0.729. The third-order valence-electron chi connectivity index (χ3n) is 3.80. The lowest BCUT2D eigenvalue weighted by Gasteiger charge is -2.11. The number of hydrogen-bond donors (Lipinski definition) is 1. The number of nitrogens with one attached hydrogen (secondary N) is 1. The van der Waals surface area contributed by atoms with Crippen LogP contribution in [0.25, 0.3) is 10.8 Å². The Bertz CT molecular complexity index is 1010. The maximum Gasteiger partial charge on any atom is 0.274 e. The van der Waals surface area contributed by atoms with Crippen LogP contribution in [-0.4, -0.2) is 22.8 Å². The number of hydrogen-bond acceptors (Lipinski definition) is 4. The van der Waals surface area contributed by atoms with E-state index in [9.17, 15) is 9.59 Å². The maximum atomic E-state index is 12.5. The Balaban J connectivity index is 1.92. The summed E-state index contributed by atoms with van der Waals surface area (Å²) in [5.41, 5.74) is 0.925. The Labute approximate surface area is 152 Å². The summed E-state index contributed by atoms with van der Waals surface area (Å²) in [5.74, 6) is 0.322. The summed E-state index contributed by atoms with van der Waals surface area (Å²) in [5, 5.41) is 8.30. The molecule has 0 saturated carbocycles. The van der Waals surface area contributed by atoms with Gasteiger partial charge in [0.05, 0.1) is 30.3 Å². The summed E-state index contributed by atoms with van der Waals surface area (Å²) in [6.07, 6.45) is 0.0459. The fourth-order valence-corrected chi connectivity index (χ4v) is 2.99. The number of anilines is 1. The van der Waals surface area contributed by atoms with Crippen molar-refractivity contribution in [3.05, 3.63) is 63.0 Å². The van der Waals surface area contributed by atoms with Crippen molar-refractivity contribution >= 4 is 38.3 Å². The van der Waals surface area contributed by atoms with E-state index in [-0.39, 0.29) is 17.9 Å². The number of amides is 1. The van der Waals surface area contributed by atoms with Crippen LogP contribution in [0.15, 0.2) is 51.7 Å². The number of halogens is 1. The van der Waals surface area contributed by atoms with E-state index >= 15 is 0 Å². The number of rotatable bonds is 4. The number of ether oxygens (including phenoxy) is 1. The number of aromatic nitrogens is 2. The standard InChI is InChI=1S/C18H16BrN3O3/c1-22-18(24)13-6-4-3-5-12(13)14(21-22)10-17(23)20-15-9-11(19)7-8-16(15)25-2/h3-9H,10H2,1-2H3,(H,20,23). The Hall–Kier alpha value is -2.67. The molecular weight excluding hydrogens is 386 g/mol. The highest BCUT2D eigenvalue weighted by molar-refractivity contribution is 9.10. The van der Waals surface area contributed by atoms with Crippen LogP contribution in [0.3, 0.4) is 0 Å². The molecule has 25 heavy (non-hydrogen) atoms. The van der Waals surface area contributed by atoms with E-state index in [0.29, 0.717) is 27.9 Å². The minimum Gasteiger partial charge on any atom is -0.495 e. The molecule has 0 radical (unpaired) electrons. The number of aryl methyl sites for hydroxylation is 1. The highest BCUT2D eigenvalue weighted by atomic mass is 79.9. The van der Waals surface area contributed by atoms with Crippen molar-refractivity contribution in [2.24, 2.45) is 7.05 Å². The third kappa shape index (κ3) is 3.56. The number of nitrogens with zero attached hydrogens (tertiary/aromatic N) is 2. The second-order valence-electron chi connectivity index (χ2n) is 5.49. The third-order valence-corrected chi connectivity index (χ3v) is 4.29. The van der Waals surface area contributed by atoms with Gasteiger partial charge in [0.2, 0.25) is 5.91 Å². The molecule has 0 aliphatic carbocycles. The largest absolute Gasteiger partial charge is 0.495 e. The zero-order valence-corrected chi connectivity index (χ0v) is 15.3. The topological polar surface area (TPSA) is 73.2 Å². The predicted octanol–water partition coefficient (Wildman–Crippen LogP) is 2.89. The van der Waals surface area contributed by atoms with Gasteiger partial charge in [-0.05, 0) is 24.3 Å². The van der Waals surface area contributed by atoms with Crippen LogP contribution in [0, 0.1) is 0 Å². The van der Waals surface area contributed by atoms with Crippen molar-refractivity contribution in [3.63, 3.8) is 0 Å². The molecule has 1 N–H and O–H groups in total. The molecule has 2 aromatic carbocycles. The van der Waals surface area contributed by atoms with Gasteiger partial charge < -0.3 is 10.1 Å². The van der Waals surface area contributed by atoms with E-state index in [1.54, 1.807) is 44.5 Å². The van der Waals surface area contributed by atoms with Crippen LogP contribution in [0.5, 0.6) is 5.75 Å². The van der Waals surface area contributed by atoms with E-state index < -0.39 is 0 Å². The summed E-state index contributed by atoms with van der Waals surface area (Å²) >= 11 is 3.38. The summed E-state index contributed by atoms with van der Waals surface area (Å²) in [4.78, 5) is 24.6. The highest BCUT2D eigenvalue weighted by Crippen LogP contribution is 2.28. The summed E-state index contributed by atoms with van der Waals surface area (Å²) in [6.45, 7) is 0. The van der Waals surface area contributed by atoms with Crippen molar-refractivity contribution in [1.29, 1.82) is 0 Å². The Morgan fingerprint density at radius 2 is 1.96 bits per heavy atom. The molecule has 0 unspecified atom stereocenters. The van der Waals surface area contributed by atoms with Crippen molar-refractivity contribution in [2.75, 3.05) is 12.4 Å². The summed E-state index contributed by atoms with van der Waals surface area (Å²) < 4.78 is 7.34. The van der Waals surface area contributed by atoms with E-state index in [1.807, 2.05) is 12.1 Å². The van der Waals surface area contributed by atoms with E-state index in [1.165, 1.54) is 4.68 Å². The molecule has 0 fully saturated rings. The van der Waals surface area contributed by atoms with Crippen LogP contribution >= 0.6 is 15.9 Å². The number of carbonyl (C=O) groups excluding carboxylic acids is 1. The van der Waals surface area contributed by atoms with Crippen LogP contribution in [-0.2, 0) is 18.3 Å². The second kappa shape index (κ2) is 7.06. The van der Waals surface area contributed by atoms with E-state index in [4.69, 9.17) is 4.74 Å². The predicted molar refractivity (Wildman–Crippen MR) is 100 cm³/mol.